The van der Waals surface area contributed by atoms with Crippen molar-refractivity contribution >= 4 is 16.6 Å². The lowest BCUT2D eigenvalue weighted by Gasteiger charge is -2.18. The van der Waals surface area contributed by atoms with Crippen molar-refractivity contribution in [1.29, 1.82) is 0 Å². The van der Waals surface area contributed by atoms with Crippen LogP contribution in [0.25, 0.3) is 28.1 Å². The fourth-order valence-electron chi connectivity index (χ4n) is 3.89. The number of benzene rings is 1. The van der Waals surface area contributed by atoms with E-state index in [1.807, 2.05) is 6.92 Å². The number of methoxy groups -OCH3 is 2. The predicted molar refractivity (Wildman–Crippen MR) is 105 cm³/mol. The zero-order valence-corrected chi connectivity index (χ0v) is 16.8. The fraction of sp³-hybridized carbons (Fsp3) is 0.400. The largest absolute Gasteiger partial charge is 0.383 e. The summed E-state index contributed by atoms with van der Waals surface area (Å²) in [6.45, 7) is 2.12. The number of aromatic nitrogens is 5. The average Bonchev–Trinajstić information content (AvgIpc) is 3.16. The van der Waals surface area contributed by atoms with E-state index in [4.69, 9.17) is 14.0 Å². The Balaban J connectivity index is 1.77. The van der Waals surface area contributed by atoms with Crippen LogP contribution < -0.4 is 5.56 Å². The average molecular weight is 413 g/mol. The Kier molecular flexibility index (Phi) is 4.23. The third-order valence-electron chi connectivity index (χ3n) is 5.62. The van der Waals surface area contributed by atoms with Crippen LogP contribution in [0.15, 0.2) is 33.8 Å². The van der Waals surface area contributed by atoms with Gasteiger partial charge in [0.15, 0.2) is 0 Å². The highest BCUT2D eigenvalue weighted by atomic mass is 19.1. The third kappa shape index (κ3) is 2.67. The molecule has 1 fully saturated rings. The third-order valence-corrected chi connectivity index (χ3v) is 5.62. The van der Waals surface area contributed by atoms with Gasteiger partial charge in [-0.15, -0.1) is 0 Å². The lowest BCUT2D eigenvalue weighted by Crippen LogP contribution is -2.28. The molecule has 1 aliphatic carbocycles. The Morgan fingerprint density at radius 2 is 2.10 bits per heavy atom. The van der Waals surface area contributed by atoms with Crippen molar-refractivity contribution in [1.82, 2.24) is 24.1 Å². The van der Waals surface area contributed by atoms with Gasteiger partial charge in [-0.05, 0) is 38.0 Å². The minimum atomic E-state index is -0.543. The van der Waals surface area contributed by atoms with Gasteiger partial charge in [-0.3, -0.25) is 13.8 Å². The maximum atomic E-state index is 14.0. The first-order valence-electron chi connectivity index (χ1n) is 9.58. The van der Waals surface area contributed by atoms with Crippen molar-refractivity contribution in [3.63, 3.8) is 0 Å². The van der Waals surface area contributed by atoms with Crippen molar-refractivity contribution in [2.45, 2.75) is 31.4 Å². The summed E-state index contributed by atoms with van der Waals surface area (Å²) in [5.41, 5.74) is 0.777. The standard InChI is InChI=1S/C20H20FN5O4/c1-11(9-28-2)26-14-8-12(21)4-5-13(14)25-10-22-15(16(25)18(26)27)17-23-19(30-24-17)20(29-3)6-7-20/h4-5,8,10-11H,6-7,9H2,1-3H3. The minimum absolute atomic E-state index is 0.209. The predicted octanol–water partition coefficient (Wildman–Crippen LogP) is 2.68. The molecule has 4 aromatic rings. The van der Waals surface area contributed by atoms with Crippen molar-refractivity contribution in [2.24, 2.45) is 0 Å². The summed E-state index contributed by atoms with van der Waals surface area (Å²) in [5, 5.41) is 4.03. The van der Waals surface area contributed by atoms with Crippen molar-refractivity contribution < 1.29 is 18.4 Å². The molecule has 1 aliphatic rings. The van der Waals surface area contributed by atoms with E-state index >= 15 is 0 Å². The van der Waals surface area contributed by atoms with Gasteiger partial charge in [-0.25, -0.2) is 9.37 Å². The Bertz CT molecular complexity index is 1320. The second-order valence-electron chi connectivity index (χ2n) is 7.55. The normalized spacial score (nSPS) is 16.4. The van der Waals surface area contributed by atoms with Gasteiger partial charge in [0.25, 0.3) is 11.4 Å². The number of nitrogens with zero attached hydrogens (tertiary/aromatic N) is 5. The van der Waals surface area contributed by atoms with Crippen LogP contribution >= 0.6 is 0 Å². The van der Waals surface area contributed by atoms with E-state index < -0.39 is 11.4 Å². The monoisotopic (exact) mass is 413 g/mol. The van der Waals surface area contributed by atoms with Crippen LogP contribution in [0, 0.1) is 5.82 Å². The minimum Gasteiger partial charge on any atom is -0.383 e. The van der Waals surface area contributed by atoms with Crippen LogP contribution in [0.3, 0.4) is 0 Å². The molecule has 3 heterocycles. The van der Waals surface area contributed by atoms with Crippen LogP contribution in [0.5, 0.6) is 0 Å². The highest BCUT2D eigenvalue weighted by molar-refractivity contribution is 5.83. The molecule has 0 spiro atoms. The molecule has 3 aromatic heterocycles. The Hall–Kier alpha value is -3.11. The summed E-state index contributed by atoms with van der Waals surface area (Å²) in [6, 6.07) is 3.97. The molecule has 0 bridgehead atoms. The maximum absolute atomic E-state index is 14.0. The number of hydrogen-bond acceptors (Lipinski definition) is 7. The zero-order valence-electron chi connectivity index (χ0n) is 16.8. The zero-order chi connectivity index (χ0) is 21.0. The number of fused-ring (bicyclic) bond motifs is 3. The molecule has 10 heteroatoms. The molecule has 0 N–H and O–H groups in total. The smallest absolute Gasteiger partial charge is 0.278 e. The van der Waals surface area contributed by atoms with E-state index in [9.17, 15) is 9.18 Å². The van der Waals surface area contributed by atoms with Crippen LogP contribution in [0.2, 0.25) is 0 Å². The van der Waals surface area contributed by atoms with Crippen molar-refractivity contribution in [3.8, 4) is 11.5 Å². The van der Waals surface area contributed by atoms with E-state index in [1.54, 1.807) is 24.7 Å². The second kappa shape index (κ2) is 6.71. The first-order valence-corrected chi connectivity index (χ1v) is 9.58. The van der Waals surface area contributed by atoms with E-state index in [-0.39, 0.29) is 29.5 Å². The lowest BCUT2D eigenvalue weighted by atomic mass is 10.2. The number of imidazole rings is 1. The molecular weight excluding hydrogens is 393 g/mol. The molecule has 0 saturated heterocycles. The van der Waals surface area contributed by atoms with Crippen LogP contribution in [0.4, 0.5) is 4.39 Å². The second-order valence-corrected chi connectivity index (χ2v) is 7.55. The summed E-state index contributed by atoms with van der Waals surface area (Å²) < 4.78 is 33.3. The Labute approximate surface area is 170 Å². The van der Waals surface area contributed by atoms with Gasteiger partial charge >= 0.3 is 0 Å². The summed E-state index contributed by atoms with van der Waals surface area (Å²) in [6.07, 6.45) is 3.11. The molecule has 9 nitrogen and oxygen atoms in total. The first kappa shape index (κ1) is 18.9. The van der Waals surface area contributed by atoms with Crippen LogP contribution in [-0.2, 0) is 15.1 Å². The van der Waals surface area contributed by atoms with Gasteiger partial charge in [0.2, 0.25) is 5.82 Å². The van der Waals surface area contributed by atoms with Crippen molar-refractivity contribution in [3.05, 3.63) is 46.6 Å². The summed E-state index contributed by atoms with van der Waals surface area (Å²) in [5.74, 6) is 0.148. The molecule has 1 atom stereocenters. The SMILES string of the molecule is COCC(C)n1c(=O)c2c(-c3noc(C4(OC)CC4)n3)ncn2c2ccc(F)cc21. The molecule has 5 rings (SSSR count). The molecule has 1 aromatic carbocycles. The van der Waals surface area contributed by atoms with Gasteiger partial charge < -0.3 is 14.0 Å². The molecule has 1 unspecified atom stereocenters. The number of hydrogen-bond donors (Lipinski definition) is 0. The van der Waals surface area contributed by atoms with Gasteiger partial charge in [0.05, 0.1) is 23.7 Å². The van der Waals surface area contributed by atoms with E-state index in [1.165, 1.54) is 23.0 Å². The number of rotatable bonds is 6. The van der Waals surface area contributed by atoms with Crippen LogP contribution in [-0.4, -0.2) is 44.9 Å². The van der Waals surface area contributed by atoms with Gasteiger partial charge in [0.1, 0.15) is 29.0 Å². The Morgan fingerprint density at radius 1 is 1.30 bits per heavy atom. The van der Waals surface area contributed by atoms with E-state index in [0.29, 0.717) is 22.6 Å². The van der Waals surface area contributed by atoms with Gasteiger partial charge in [0, 0.05) is 14.2 Å². The maximum Gasteiger partial charge on any atom is 0.278 e. The molecule has 1 saturated carbocycles. The summed E-state index contributed by atoms with van der Waals surface area (Å²) in [4.78, 5) is 22.3. The topological polar surface area (TPSA) is 96.7 Å². The molecule has 0 radical (unpaired) electrons. The molecule has 0 amide bonds. The quantitative estimate of drug-likeness (QED) is 0.479. The molecule has 30 heavy (non-hydrogen) atoms. The van der Waals surface area contributed by atoms with Gasteiger partial charge in [-0.2, -0.15) is 4.98 Å². The van der Waals surface area contributed by atoms with Gasteiger partial charge in [-0.1, -0.05) is 5.16 Å². The summed E-state index contributed by atoms with van der Waals surface area (Å²) in [7, 11) is 3.15. The van der Waals surface area contributed by atoms with Crippen LogP contribution in [0.1, 0.15) is 31.7 Å². The Morgan fingerprint density at radius 3 is 2.80 bits per heavy atom. The number of halogens is 1. The lowest BCUT2D eigenvalue weighted by molar-refractivity contribution is 0.0492. The molecular formula is C20H20FN5O4. The highest BCUT2D eigenvalue weighted by Crippen LogP contribution is 2.48. The van der Waals surface area contributed by atoms with Crippen molar-refractivity contribution in [2.75, 3.05) is 20.8 Å². The van der Waals surface area contributed by atoms with E-state index in [2.05, 4.69) is 15.1 Å². The fourth-order valence-corrected chi connectivity index (χ4v) is 3.89. The molecule has 0 aliphatic heterocycles. The molecule has 156 valence electrons. The first-order chi connectivity index (χ1) is 14.5. The van der Waals surface area contributed by atoms with E-state index in [0.717, 1.165) is 12.8 Å². The number of ether oxygens (including phenoxy) is 2. The summed E-state index contributed by atoms with van der Waals surface area (Å²) >= 11 is 0. The highest BCUT2D eigenvalue weighted by Gasteiger charge is 2.50.